The van der Waals surface area contributed by atoms with E-state index in [0.717, 1.165) is 32.1 Å². The monoisotopic (exact) mass is 287 g/mol. The van der Waals surface area contributed by atoms with Gasteiger partial charge in [-0.25, -0.2) is 4.39 Å². The molecule has 0 aromatic heterocycles. The van der Waals surface area contributed by atoms with Gasteiger partial charge < -0.3 is 5.11 Å². The fourth-order valence-electron chi connectivity index (χ4n) is 5.85. The van der Waals surface area contributed by atoms with Crippen molar-refractivity contribution in [1.82, 2.24) is 0 Å². The highest BCUT2D eigenvalue weighted by molar-refractivity contribution is 5.34. The zero-order valence-electron chi connectivity index (χ0n) is 12.7. The normalized spacial score (nSPS) is 44.8. The maximum Gasteiger partial charge on any atom is 0.127 e. The highest BCUT2D eigenvalue weighted by atomic mass is 19.1. The minimum Gasteiger partial charge on any atom is -0.390 e. The lowest BCUT2D eigenvalue weighted by molar-refractivity contribution is -0.0520. The van der Waals surface area contributed by atoms with Crippen LogP contribution in [-0.2, 0) is 6.42 Å². The number of aliphatic hydroxyl groups excluding tert-OH is 1. The summed E-state index contributed by atoms with van der Waals surface area (Å²) in [6.45, 7) is 2.14. The molecular weight excluding hydrogens is 263 g/mol. The largest absolute Gasteiger partial charge is 0.390 e. The summed E-state index contributed by atoms with van der Waals surface area (Å²) < 4.78 is 14.3. The zero-order chi connectivity index (χ0) is 14.6. The fourth-order valence-corrected chi connectivity index (χ4v) is 5.85. The van der Waals surface area contributed by atoms with E-state index in [1.54, 1.807) is 0 Å². The van der Waals surface area contributed by atoms with E-state index in [2.05, 4.69) is 25.1 Å². The average molecular weight is 287 g/mol. The van der Waals surface area contributed by atoms with Crippen molar-refractivity contribution in [2.75, 3.05) is 0 Å². The fraction of sp³-hybridized carbons (Fsp3) is 0.684. The van der Waals surface area contributed by atoms with Crippen LogP contribution in [0.3, 0.4) is 0 Å². The SMILES string of the molecule is CC[C@]12CC[C@@H]3c4cc[c]cc4CC[C@H]3[C@@H]1C[C@H](F)[C@@H]2O. The molecule has 3 aliphatic rings. The average Bonchev–Trinajstić information content (AvgIpc) is 2.79. The molecule has 0 bridgehead atoms. The topological polar surface area (TPSA) is 20.2 Å². The summed E-state index contributed by atoms with van der Waals surface area (Å²) in [5.41, 5.74) is 2.77. The zero-order valence-corrected chi connectivity index (χ0v) is 12.7. The highest BCUT2D eigenvalue weighted by Gasteiger charge is 2.59. The first kappa shape index (κ1) is 13.8. The van der Waals surface area contributed by atoms with Crippen molar-refractivity contribution in [2.45, 2.75) is 63.6 Å². The lowest BCUT2D eigenvalue weighted by Gasteiger charge is -2.51. The number of hydrogen-bond acceptors (Lipinski definition) is 1. The summed E-state index contributed by atoms with van der Waals surface area (Å²) in [5.74, 6) is 1.50. The van der Waals surface area contributed by atoms with Crippen molar-refractivity contribution in [3.8, 4) is 0 Å². The Morgan fingerprint density at radius 1 is 1.43 bits per heavy atom. The van der Waals surface area contributed by atoms with E-state index in [4.69, 9.17) is 0 Å². The van der Waals surface area contributed by atoms with E-state index < -0.39 is 12.3 Å². The van der Waals surface area contributed by atoms with E-state index >= 15 is 0 Å². The van der Waals surface area contributed by atoms with Crippen molar-refractivity contribution in [1.29, 1.82) is 0 Å². The second-order valence-corrected chi connectivity index (χ2v) is 7.36. The molecule has 1 aromatic rings. The summed E-state index contributed by atoms with van der Waals surface area (Å²) in [7, 11) is 0. The Hall–Kier alpha value is -0.890. The molecule has 0 amide bonds. The second-order valence-electron chi connectivity index (χ2n) is 7.36. The molecule has 1 N–H and O–H groups in total. The van der Waals surface area contributed by atoms with Gasteiger partial charge in [-0.1, -0.05) is 25.1 Å². The van der Waals surface area contributed by atoms with Crippen molar-refractivity contribution < 1.29 is 9.50 Å². The van der Waals surface area contributed by atoms with Gasteiger partial charge in [0.2, 0.25) is 0 Å². The molecule has 0 heterocycles. The summed E-state index contributed by atoms with van der Waals surface area (Å²) in [6, 6.07) is 9.57. The first-order chi connectivity index (χ1) is 10.2. The molecule has 6 atom stereocenters. The number of aliphatic hydroxyl groups is 1. The molecule has 2 heteroatoms. The van der Waals surface area contributed by atoms with Crippen LogP contribution >= 0.6 is 0 Å². The second kappa shape index (κ2) is 4.81. The van der Waals surface area contributed by atoms with Crippen LogP contribution in [0, 0.1) is 23.3 Å². The standard InChI is InChI=1S/C19H24FO/c1-2-19-10-9-14-13-6-4-3-5-12(13)7-8-15(14)16(19)11-17(20)18(19)21/h4-6,14-18,21H,2,7-11H2,1H3/t14-,15-,16+,17+,18+,19+/m1/s1. The number of fused-ring (bicyclic) bond motifs is 5. The number of benzene rings is 1. The molecule has 2 fully saturated rings. The van der Waals surface area contributed by atoms with E-state index in [1.165, 1.54) is 11.1 Å². The lowest BCUT2D eigenvalue weighted by Crippen LogP contribution is -2.46. The van der Waals surface area contributed by atoms with Crippen LogP contribution in [-0.4, -0.2) is 17.4 Å². The molecule has 0 spiro atoms. The maximum atomic E-state index is 14.3. The highest BCUT2D eigenvalue weighted by Crippen LogP contribution is 2.62. The molecule has 0 aliphatic heterocycles. The number of alkyl halides is 1. The third-order valence-electron chi connectivity index (χ3n) is 6.90. The molecule has 1 nitrogen and oxygen atoms in total. The van der Waals surface area contributed by atoms with Gasteiger partial charge in [-0.15, -0.1) is 0 Å². The predicted molar refractivity (Wildman–Crippen MR) is 80.8 cm³/mol. The number of aryl methyl sites for hydroxylation is 1. The first-order valence-electron chi connectivity index (χ1n) is 8.48. The summed E-state index contributed by atoms with van der Waals surface area (Å²) in [5, 5.41) is 10.4. The minimum absolute atomic E-state index is 0.154. The Morgan fingerprint density at radius 2 is 2.29 bits per heavy atom. The molecule has 1 aromatic carbocycles. The van der Waals surface area contributed by atoms with Crippen LogP contribution in [0.4, 0.5) is 4.39 Å². The molecule has 1 radical (unpaired) electrons. The van der Waals surface area contributed by atoms with Gasteiger partial charge >= 0.3 is 0 Å². The van der Waals surface area contributed by atoms with Gasteiger partial charge in [-0.2, -0.15) is 0 Å². The molecule has 0 unspecified atom stereocenters. The molecule has 21 heavy (non-hydrogen) atoms. The van der Waals surface area contributed by atoms with Crippen LogP contribution in [0.2, 0.25) is 0 Å². The molecule has 0 saturated heterocycles. The van der Waals surface area contributed by atoms with Crippen molar-refractivity contribution in [2.24, 2.45) is 17.3 Å². The van der Waals surface area contributed by atoms with E-state index in [-0.39, 0.29) is 5.41 Å². The van der Waals surface area contributed by atoms with Crippen molar-refractivity contribution in [3.63, 3.8) is 0 Å². The van der Waals surface area contributed by atoms with E-state index in [9.17, 15) is 9.50 Å². The lowest BCUT2D eigenvalue weighted by atomic mass is 9.54. The number of hydrogen-bond donors (Lipinski definition) is 1. The molecule has 113 valence electrons. The Bertz CT molecular complexity index is 542. The summed E-state index contributed by atoms with van der Waals surface area (Å²) >= 11 is 0. The molecule has 4 rings (SSSR count). The Labute approximate surface area is 126 Å². The third-order valence-corrected chi connectivity index (χ3v) is 6.90. The van der Waals surface area contributed by atoms with Crippen LogP contribution in [0.1, 0.15) is 56.1 Å². The molecule has 3 aliphatic carbocycles. The third kappa shape index (κ3) is 1.78. The number of halogens is 1. The Kier molecular flexibility index (Phi) is 3.15. The van der Waals surface area contributed by atoms with Gasteiger partial charge in [0.05, 0.1) is 6.10 Å². The van der Waals surface area contributed by atoms with Gasteiger partial charge in [0.15, 0.2) is 0 Å². The minimum atomic E-state index is -1.01. The molecular formula is C19H24FO. The van der Waals surface area contributed by atoms with Crippen molar-refractivity contribution >= 4 is 0 Å². The maximum absolute atomic E-state index is 14.3. The Morgan fingerprint density at radius 3 is 3.10 bits per heavy atom. The van der Waals surface area contributed by atoms with Gasteiger partial charge in [-0.05, 0) is 73.5 Å². The first-order valence-corrected chi connectivity index (χ1v) is 8.48. The number of rotatable bonds is 1. The van der Waals surface area contributed by atoms with Crippen LogP contribution in [0.5, 0.6) is 0 Å². The van der Waals surface area contributed by atoms with E-state index in [0.29, 0.717) is 24.2 Å². The predicted octanol–water partition coefficient (Wildman–Crippen LogP) is 4.04. The van der Waals surface area contributed by atoms with E-state index in [1.807, 2.05) is 6.07 Å². The summed E-state index contributed by atoms with van der Waals surface area (Å²) in [4.78, 5) is 0. The van der Waals surface area contributed by atoms with Crippen molar-refractivity contribution in [3.05, 3.63) is 35.4 Å². The van der Waals surface area contributed by atoms with Crippen LogP contribution < -0.4 is 0 Å². The smallest absolute Gasteiger partial charge is 0.127 e. The summed E-state index contributed by atoms with van der Waals surface area (Å²) in [6.07, 6.45) is 4.07. The van der Waals surface area contributed by atoms with Gasteiger partial charge in [0.1, 0.15) is 6.17 Å². The van der Waals surface area contributed by atoms with Gasteiger partial charge in [-0.3, -0.25) is 0 Å². The van der Waals surface area contributed by atoms with Gasteiger partial charge in [0.25, 0.3) is 0 Å². The Balaban J connectivity index is 1.72. The van der Waals surface area contributed by atoms with Crippen LogP contribution in [0.15, 0.2) is 18.2 Å². The van der Waals surface area contributed by atoms with Gasteiger partial charge in [0, 0.05) is 5.41 Å². The quantitative estimate of drug-likeness (QED) is 0.826. The van der Waals surface area contributed by atoms with Crippen LogP contribution in [0.25, 0.3) is 0 Å². The molecule has 2 saturated carbocycles.